The molecule has 0 aliphatic heterocycles. The van der Waals surface area contributed by atoms with Gasteiger partial charge in [0.25, 0.3) is 0 Å². The number of carboxylic acid groups (broad SMARTS) is 1. The normalized spacial score (nSPS) is 13.3. The van der Waals surface area contributed by atoms with Crippen LogP contribution in [0.5, 0.6) is 0 Å². The first kappa shape index (κ1) is 22.0. The monoisotopic (exact) mass is 540 g/mol. The summed E-state index contributed by atoms with van der Waals surface area (Å²) in [7, 11) is 0. The van der Waals surface area contributed by atoms with Crippen LogP contribution in [0.1, 0.15) is 40.5 Å². The Balaban J connectivity index is 1.50. The number of halogens is 2. The second-order valence-electron chi connectivity index (χ2n) is 7.91. The highest BCUT2D eigenvalue weighted by Crippen LogP contribution is 2.44. The van der Waals surface area contributed by atoms with E-state index >= 15 is 0 Å². The summed E-state index contributed by atoms with van der Waals surface area (Å²) in [5.74, 6) is 0.159. The summed E-state index contributed by atoms with van der Waals surface area (Å²) in [5.41, 5.74) is 2.64. The van der Waals surface area contributed by atoms with Crippen LogP contribution in [0.2, 0.25) is 5.02 Å². The molecule has 3 aromatic carbocycles. The zero-order valence-corrected chi connectivity index (χ0v) is 20.4. The maximum Gasteiger partial charge on any atom is 0.337 e. The third-order valence-corrected chi connectivity index (χ3v) is 6.79. The van der Waals surface area contributed by atoms with Crippen molar-refractivity contribution in [3.8, 4) is 5.69 Å². The number of anilines is 1. The van der Waals surface area contributed by atoms with Crippen molar-refractivity contribution < 1.29 is 9.90 Å². The van der Waals surface area contributed by atoms with E-state index < -0.39 is 5.97 Å². The zero-order valence-electron chi connectivity index (χ0n) is 17.3. The van der Waals surface area contributed by atoms with Crippen LogP contribution in [0.3, 0.4) is 0 Å². The van der Waals surface area contributed by atoms with Gasteiger partial charge in [0.15, 0.2) is 0 Å². The summed E-state index contributed by atoms with van der Waals surface area (Å²) < 4.78 is 2.49. The van der Waals surface area contributed by atoms with Crippen molar-refractivity contribution in [2.45, 2.75) is 25.2 Å². The number of aromatic carboxylic acids is 1. The quantitative estimate of drug-likeness (QED) is 0.275. The van der Waals surface area contributed by atoms with Gasteiger partial charge in [-0.15, -0.1) is 10.2 Å². The number of rotatable bonds is 6. The van der Waals surface area contributed by atoms with Crippen molar-refractivity contribution in [2.24, 2.45) is 0 Å². The largest absolute Gasteiger partial charge is 0.478 e. The van der Waals surface area contributed by atoms with Crippen LogP contribution in [0.15, 0.2) is 59.3 Å². The van der Waals surface area contributed by atoms with Gasteiger partial charge < -0.3 is 10.4 Å². The highest BCUT2D eigenvalue weighted by Gasteiger charge is 2.26. The van der Waals surface area contributed by atoms with Gasteiger partial charge in [-0.1, -0.05) is 60.2 Å². The Hall–Kier alpha value is -2.81. The van der Waals surface area contributed by atoms with Gasteiger partial charge in [-0.05, 0) is 63.8 Å². The molecule has 9 heteroatoms. The molecule has 2 N–H and O–H groups in total. The van der Waals surface area contributed by atoms with Crippen LogP contribution in [0.4, 0.5) is 5.69 Å². The lowest BCUT2D eigenvalue weighted by Gasteiger charge is -2.15. The fourth-order valence-electron chi connectivity index (χ4n) is 4.06. The standard InChI is InChI=1S/C24H18BrClN4O2S/c25-24-29-28-20(12-21(33)27-22-17(23(31)32)6-3-7-18(22)26)30(24)19-11-10-14(13-8-9-13)15-4-1-2-5-16(15)19/h1-7,10-11,13H,8-9,12H2,(H,27,33)(H,31,32). The lowest BCUT2D eigenvalue weighted by atomic mass is 9.99. The fraction of sp³-hybridized carbons (Fsp3) is 0.167. The smallest absolute Gasteiger partial charge is 0.337 e. The molecule has 1 saturated carbocycles. The molecule has 33 heavy (non-hydrogen) atoms. The first-order valence-electron chi connectivity index (χ1n) is 10.4. The van der Waals surface area contributed by atoms with E-state index in [1.165, 1.54) is 29.9 Å². The highest BCUT2D eigenvalue weighted by atomic mass is 79.9. The number of carbonyl (C=O) groups is 1. The molecule has 1 aromatic heterocycles. The summed E-state index contributed by atoms with van der Waals surface area (Å²) in [6, 6.07) is 17.3. The van der Waals surface area contributed by atoms with E-state index in [2.05, 4.69) is 61.8 Å². The Morgan fingerprint density at radius 2 is 1.88 bits per heavy atom. The first-order valence-corrected chi connectivity index (χ1v) is 12.0. The van der Waals surface area contributed by atoms with Gasteiger partial charge in [0.2, 0.25) is 4.73 Å². The number of para-hydroxylation sites is 1. The molecule has 166 valence electrons. The number of hydrogen-bond acceptors (Lipinski definition) is 4. The number of hydrogen-bond donors (Lipinski definition) is 2. The summed E-state index contributed by atoms with van der Waals surface area (Å²) in [6.45, 7) is 0. The number of aromatic nitrogens is 3. The Bertz CT molecular complexity index is 1420. The molecule has 0 bridgehead atoms. The zero-order chi connectivity index (χ0) is 23.1. The Morgan fingerprint density at radius 3 is 2.61 bits per heavy atom. The van der Waals surface area contributed by atoms with Gasteiger partial charge in [-0.25, -0.2) is 4.79 Å². The molecule has 5 rings (SSSR count). The Morgan fingerprint density at radius 1 is 1.12 bits per heavy atom. The molecule has 1 aliphatic rings. The molecule has 0 saturated heterocycles. The molecule has 1 heterocycles. The van der Waals surface area contributed by atoms with Gasteiger partial charge in [0.1, 0.15) is 5.82 Å². The second kappa shape index (κ2) is 8.85. The predicted octanol–water partition coefficient (Wildman–Crippen LogP) is 6.39. The Kier molecular flexibility index (Phi) is 5.90. The molecule has 1 aliphatic carbocycles. The van der Waals surface area contributed by atoms with Crippen LogP contribution in [-0.4, -0.2) is 30.8 Å². The number of fused-ring (bicyclic) bond motifs is 1. The number of nitrogens with zero attached hydrogens (tertiary/aromatic N) is 3. The van der Waals surface area contributed by atoms with E-state index in [1.807, 2.05) is 10.6 Å². The van der Waals surface area contributed by atoms with Crippen LogP contribution in [-0.2, 0) is 6.42 Å². The average Bonchev–Trinajstić information content (AvgIpc) is 3.58. The molecule has 0 radical (unpaired) electrons. The van der Waals surface area contributed by atoms with Crippen LogP contribution in [0.25, 0.3) is 16.5 Å². The van der Waals surface area contributed by atoms with Crippen molar-refractivity contribution in [3.63, 3.8) is 0 Å². The van der Waals surface area contributed by atoms with Gasteiger partial charge in [-0.2, -0.15) is 0 Å². The first-order chi connectivity index (χ1) is 15.9. The van der Waals surface area contributed by atoms with E-state index in [0.717, 1.165) is 11.1 Å². The third-order valence-electron chi connectivity index (χ3n) is 5.71. The molecular formula is C24H18BrClN4O2S. The van der Waals surface area contributed by atoms with Crippen molar-refractivity contribution >= 4 is 67.2 Å². The minimum Gasteiger partial charge on any atom is -0.478 e. The lowest BCUT2D eigenvalue weighted by molar-refractivity contribution is 0.0698. The number of benzene rings is 3. The topological polar surface area (TPSA) is 80.0 Å². The van der Waals surface area contributed by atoms with Gasteiger partial charge in [-0.3, -0.25) is 4.57 Å². The maximum absolute atomic E-state index is 11.6. The van der Waals surface area contributed by atoms with E-state index in [1.54, 1.807) is 12.1 Å². The van der Waals surface area contributed by atoms with E-state index in [4.69, 9.17) is 23.8 Å². The molecule has 0 amide bonds. The van der Waals surface area contributed by atoms with Crippen LogP contribution < -0.4 is 5.32 Å². The molecule has 4 aromatic rings. The van der Waals surface area contributed by atoms with Crippen molar-refractivity contribution in [3.05, 3.63) is 81.3 Å². The van der Waals surface area contributed by atoms with E-state index in [-0.39, 0.29) is 22.7 Å². The predicted molar refractivity (Wildman–Crippen MR) is 137 cm³/mol. The summed E-state index contributed by atoms with van der Waals surface area (Å²) in [5, 5.41) is 23.6. The Labute approximate surface area is 208 Å². The van der Waals surface area contributed by atoms with Crippen molar-refractivity contribution in [1.29, 1.82) is 0 Å². The minimum atomic E-state index is -1.09. The molecule has 6 nitrogen and oxygen atoms in total. The molecular weight excluding hydrogens is 524 g/mol. The molecule has 0 unspecified atom stereocenters. The average molecular weight is 542 g/mol. The lowest BCUT2D eigenvalue weighted by Crippen LogP contribution is -2.18. The van der Waals surface area contributed by atoms with Gasteiger partial charge >= 0.3 is 5.97 Å². The maximum atomic E-state index is 11.6. The van der Waals surface area contributed by atoms with Crippen LogP contribution >= 0.6 is 39.7 Å². The molecule has 1 fully saturated rings. The van der Waals surface area contributed by atoms with Crippen LogP contribution in [0, 0.1) is 0 Å². The summed E-state index contributed by atoms with van der Waals surface area (Å²) in [6.07, 6.45) is 2.70. The van der Waals surface area contributed by atoms with Crippen molar-refractivity contribution in [1.82, 2.24) is 14.8 Å². The minimum absolute atomic E-state index is 0.0501. The summed E-state index contributed by atoms with van der Waals surface area (Å²) in [4.78, 5) is 12.0. The van der Waals surface area contributed by atoms with Gasteiger partial charge in [0, 0.05) is 5.39 Å². The fourth-order valence-corrected chi connectivity index (χ4v) is 4.98. The number of nitrogens with one attached hydrogen (secondary N) is 1. The molecule has 0 spiro atoms. The second-order valence-corrected chi connectivity index (χ2v) is 9.52. The molecule has 0 atom stereocenters. The summed E-state index contributed by atoms with van der Waals surface area (Å²) >= 11 is 15.3. The number of carboxylic acids is 1. The van der Waals surface area contributed by atoms with Gasteiger partial charge in [0.05, 0.1) is 33.4 Å². The van der Waals surface area contributed by atoms with Crippen molar-refractivity contribution in [2.75, 3.05) is 5.32 Å². The van der Waals surface area contributed by atoms with E-state index in [9.17, 15) is 9.90 Å². The number of thiocarbonyl (C=S) groups is 1. The van der Waals surface area contributed by atoms with E-state index in [0.29, 0.717) is 21.5 Å². The third kappa shape index (κ3) is 4.26. The SMILES string of the molecule is O=C(O)c1cccc(Cl)c1NC(=S)Cc1nnc(Br)n1-c1ccc(C2CC2)c2ccccc12. The highest BCUT2D eigenvalue weighted by molar-refractivity contribution is 9.10.